The lowest BCUT2D eigenvalue weighted by atomic mass is 10.0. The SMILES string of the molecule is O=C(N[C@@H](Cc1ccccc1)C(=O)NCCCCCNC(=O)[C@H](Cc1ccccc1)NC(=O)c1ccncc1)c1ccncc1. The van der Waals surface area contributed by atoms with Crippen LogP contribution in [-0.4, -0.2) is 58.8 Å². The average Bonchev–Trinajstić information content (AvgIpc) is 3.08. The van der Waals surface area contributed by atoms with Gasteiger partial charge in [-0.1, -0.05) is 60.7 Å². The molecule has 2 heterocycles. The molecule has 0 radical (unpaired) electrons. The third-order valence-electron chi connectivity index (χ3n) is 7.15. The third kappa shape index (κ3) is 11.0. The van der Waals surface area contributed by atoms with Crippen LogP contribution in [0, 0.1) is 0 Å². The summed E-state index contributed by atoms with van der Waals surface area (Å²) in [5.74, 6) is -1.20. The normalized spacial score (nSPS) is 11.9. The molecule has 4 N–H and O–H groups in total. The smallest absolute Gasteiger partial charge is 0.252 e. The summed E-state index contributed by atoms with van der Waals surface area (Å²) in [5, 5.41) is 11.6. The molecule has 0 bridgehead atoms. The van der Waals surface area contributed by atoms with Gasteiger partial charge in [0, 0.05) is 61.8 Å². The summed E-state index contributed by atoms with van der Waals surface area (Å²) in [7, 11) is 0. The quantitative estimate of drug-likeness (QED) is 0.144. The highest BCUT2D eigenvalue weighted by Crippen LogP contribution is 2.07. The van der Waals surface area contributed by atoms with Gasteiger partial charge in [-0.05, 0) is 54.7 Å². The van der Waals surface area contributed by atoms with Crippen molar-refractivity contribution in [3.05, 3.63) is 132 Å². The van der Waals surface area contributed by atoms with Crippen LogP contribution < -0.4 is 21.3 Å². The van der Waals surface area contributed by atoms with Crippen LogP contribution in [0.4, 0.5) is 0 Å². The zero-order chi connectivity index (χ0) is 31.7. The molecule has 4 rings (SSSR count). The molecule has 4 amide bonds. The van der Waals surface area contributed by atoms with Crippen LogP contribution in [0.3, 0.4) is 0 Å². The summed E-state index contributed by atoms with van der Waals surface area (Å²) >= 11 is 0. The van der Waals surface area contributed by atoms with Crippen molar-refractivity contribution in [2.24, 2.45) is 0 Å². The lowest BCUT2D eigenvalue weighted by molar-refractivity contribution is -0.123. The number of nitrogens with zero attached hydrogens (tertiary/aromatic N) is 2. The Morgan fingerprint density at radius 1 is 0.511 bits per heavy atom. The molecule has 0 aliphatic rings. The first-order chi connectivity index (χ1) is 22.0. The minimum absolute atomic E-state index is 0.261. The molecule has 0 aliphatic heterocycles. The molecule has 0 fully saturated rings. The van der Waals surface area contributed by atoms with Crippen LogP contribution >= 0.6 is 0 Å². The number of carbonyl (C=O) groups excluding carboxylic acids is 4. The van der Waals surface area contributed by atoms with Gasteiger partial charge in [-0.15, -0.1) is 0 Å². The predicted octanol–water partition coefficient (Wildman–Crippen LogP) is 3.26. The van der Waals surface area contributed by atoms with Gasteiger partial charge in [0.2, 0.25) is 11.8 Å². The number of nitrogens with one attached hydrogen (secondary N) is 4. The van der Waals surface area contributed by atoms with Crippen molar-refractivity contribution >= 4 is 23.6 Å². The molecule has 2 atom stereocenters. The second-order valence-electron chi connectivity index (χ2n) is 10.5. The molecule has 0 saturated heterocycles. The van der Waals surface area contributed by atoms with Gasteiger partial charge in [0.15, 0.2) is 0 Å². The molecule has 0 saturated carbocycles. The highest BCUT2D eigenvalue weighted by atomic mass is 16.2. The standard InChI is InChI=1S/C35H38N6O4/c42-32(28-14-20-36-21-15-28)40-30(24-26-10-4-1-5-11-26)34(44)38-18-8-3-9-19-39-35(45)31(25-27-12-6-2-7-13-27)41-33(43)29-16-22-37-23-17-29/h1-2,4-7,10-17,20-23,30-31H,3,8-9,18-19,24-25H2,(H,38,44)(H,39,45)(H,40,42)(H,41,43)/t30-,31-/m0/s1. The van der Waals surface area contributed by atoms with Crippen molar-refractivity contribution in [3.8, 4) is 0 Å². The molecule has 4 aromatic rings. The molecule has 2 aromatic heterocycles. The van der Waals surface area contributed by atoms with E-state index in [1.165, 1.54) is 24.8 Å². The predicted molar refractivity (Wildman–Crippen MR) is 171 cm³/mol. The monoisotopic (exact) mass is 606 g/mol. The number of carbonyl (C=O) groups is 4. The number of aromatic nitrogens is 2. The molecule has 0 spiro atoms. The first kappa shape index (κ1) is 32.5. The maximum Gasteiger partial charge on any atom is 0.252 e. The number of unbranched alkanes of at least 4 members (excludes halogenated alkanes) is 2. The van der Waals surface area contributed by atoms with Gasteiger partial charge >= 0.3 is 0 Å². The average molecular weight is 607 g/mol. The minimum Gasteiger partial charge on any atom is -0.354 e. The first-order valence-electron chi connectivity index (χ1n) is 15.0. The van der Waals surface area contributed by atoms with Gasteiger partial charge in [-0.25, -0.2) is 0 Å². The second kappa shape index (κ2) is 17.7. The summed E-state index contributed by atoms with van der Waals surface area (Å²) < 4.78 is 0. The number of rotatable bonds is 16. The van der Waals surface area contributed by atoms with Crippen molar-refractivity contribution in [1.82, 2.24) is 31.2 Å². The Bertz CT molecular complexity index is 1390. The third-order valence-corrected chi connectivity index (χ3v) is 7.15. The Kier molecular flexibility index (Phi) is 12.8. The molecular formula is C35H38N6O4. The summed E-state index contributed by atoms with van der Waals surface area (Å²) in [6.45, 7) is 0.865. The van der Waals surface area contributed by atoms with E-state index >= 15 is 0 Å². The number of hydrogen-bond donors (Lipinski definition) is 4. The van der Waals surface area contributed by atoms with Gasteiger partial charge in [-0.2, -0.15) is 0 Å². The Hall–Kier alpha value is -5.38. The second-order valence-corrected chi connectivity index (χ2v) is 10.5. The van der Waals surface area contributed by atoms with Crippen molar-refractivity contribution in [2.45, 2.75) is 44.2 Å². The number of benzene rings is 2. The minimum atomic E-state index is -0.740. The molecule has 45 heavy (non-hydrogen) atoms. The Labute approximate surface area is 263 Å². The molecule has 0 aliphatic carbocycles. The van der Waals surface area contributed by atoms with Gasteiger partial charge in [0.25, 0.3) is 11.8 Å². The summed E-state index contributed by atoms with van der Waals surface area (Å²) in [6, 6.07) is 24.0. The molecule has 10 heteroatoms. The van der Waals surface area contributed by atoms with E-state index in [1.54, 1.807) is 24.3 Å². The van der Waals surface area contributed by atoms with E-state index in [0.29, 0.717) is 49.9 Å². The summed E-state index contributed by atoms with van der Waals surface area (Å²) in [4.78, 5) is 59.5. The van der Waals surface area contributed by atoms with Crippen LogP contribution in [-0.2, 0) is 22.4 Å². The van der Waals surface area contributed by atoms with Crippen LogP contribution in [0.5, 0.6) is 0 Å². The molecular weight excluding hydrogens is 568 g/mol. The van der Waals surface area contributed by atoms with Gasteiger partial charge < -0.3 is 21.3 Å². The zero-order valence-corrected chi connectivity index (χ0v) is 25.0. The van der Waals surface area contributed by atoms with Crippen molar-refractivity contribution in [2.75, 3.05) is 13.1 Å². The van der Waals surface area contributed by atoms with E-state index in [-0.39, 0.29) is 23.6 Å². The van der Waals surface area contributed by atoms with Gasteiger partial charge in [0.1, 0.15) is 12.1 Å². The fraction of sp³-hybridized carbons (Fsp3) is 0.257. The first-order valence-corrected chi connectivity index (χ1v) is 15.0. The lowest BCUT2D eigenvalue weighted by Gasteiger charge is -2.19. The topological polar surface area (TPSA) is 142 Å². The Balaban J connectivity index is 1.22. The van der Waals surface area contributed by atoms with Crippen LogP contribution in [0.15, 0.2) is 110 Å². The van der Waals surface area contributed by atoms with E-state index < -0.39 is 12.1 Å². The van der Waals surface area contributed by atoms with Crippen LogP contribution in [0.25, 0.3) is 0 Å². The van der Waals surface area contributed by atoms with Crippen LogP contribution in [0.2, 0.25) is 0 Å². The molecule has 232 valence electrons. The largest absolute Gasteiger partial charge is 0.354 e. The maximum absolute atomic E-state index is 13.1. The molecule has 10 nitrogen and oxygen atoms in total. The van der Waals surface area contributed by atoms with Gasteiger partial charge in [0.05, 0.1) is 0 Å². The number of pyridine rings is 2. The van der Waals surface area contributed by atoms with Gasteiger partial charge in [-0.3, -0.25) is 29.1 Å². The van der Waals surface area contributed by atoms with Crippen LogP contribution in [0.1, 0.15) is 51.1 Å². The molecule has 0 unspecified atom stereocenters. The summed E-state index contributed by atoms with van der Waals surface area (Å²) in [5.41, 5.74) is 2.73. The highest BCUT2D eigenvalue weighted by Gasteiger charge is 2.23. The highest BCUT2D eigenvalue weighted by molar-refractivity contribution is 5.98. The fourth-order valence-electron chi connectivity index (χ4n) is 4.70. The lowest BCUT2D eigenvalue weighted by Crippen LogP contribution is -2.48. The number of amides is 4. The Morgan fingerprint density at radius 3 is 1.27 bits per heavy atom. The zero-order valence-electron chi connectivity index (χ0n) is 25.0. The Morgan fingerprint density at radius 2 is 0.889 bits per heavy atom. The van der Waals surface area contributed by atoms with Crippen molar-refractivity contribution in [3.63, 3.8) is 0 Å². The van der Waals surface area contributed by atoms with E-state index in [4.69, 9.17) is 0 Å². The van der Waals surface area contributed by atoms with E-state index in [2.05, 4.69) is 31.2 Å². The molecule has 2 aromatic carbocycles. The fourth-order valence-corrected chi connectivity index (χ4v) is 4.70. The number of hydrogen-bond acceptors (Lipinski definition) is 6. The van der Waals surface area contributed by atoms with E-state index in [0.717, 1.165) is 17.5 Å². The van der Waals surface area contributed by atoms with Crippen molar-refractivity contribution in [1.29, 1.82) is 0 Å². The van der Waals surface area contributed by atoms with E-state index in [1.807, 2.05) is 60.7 Å². The van der Waals surface area contributed by atoms with E-state index in [9.17, 15) is 19.2 Å². The van der Waals surface area contributed by atoms with Crippen molar-refractivity contribution < 1.29 is 19.2 Å². The summed E-state index contributed by atoms with van der Waals surface area (Å²) in [6.07, 6.45) is 9.01. The maximum atomic E-state index is 13.1.